The fraction of sp³-hybridized carbons (Fsp3) is 0.136. The maximum absolute atomic E-state index is 12.0. The van der Waals surface area contributed by atoms with Gasteiger partial charge in [0.2, 0.25) is 5.91 Å². The standard InChI is InChI=1S/C22H22N2OS/c23-21(25)20(16-26)24-22(17-10-4-1-5-11-17,18-12-6-2-7-13-18)19-14-8-3-9-15-19/h1-15,20,24,26H,16H2,(H2,23,25)/t20-/m0/s1. The van der Waals surface area contributed by atoms with E-state index in [-0.39, 0.29) is 0 Å². The number of nitrogens with two attached hydrogens (primary N) is 1. The zero-order valence-corrected chi connectivity index (χ0v) is 15.3. The maximum atomic E-state index is 12.0. The largest absolute Gasteiger partial charge is 0.368 e. The fourth-order valence-corrected chi connectivity index (χ4v) is 3.55. The van der Waals surface area contributed by atoms with Gasteiger partial charge in [-0.15, -0.1) is 0 Å². The van der Waals surface area contributed by atoms with E-state index in [1.165, 1.54) is 0 Å². The topological polar surface area (TPSA) is 55.1 Å². The van der Waals surface area contributed by atoms with Crippen LogP contribution in [0.4, 0.5) is 0 Å². The predicted octanol–water partition coefficient (Wildman–Crippen LogP) is 3.35. The second kappa shape index (κ2) is 8.21. The number of hydrogen-bond donors (Lipinski definition) is 3. The molecule has 1 amide bonds. The van der Waals surface area contributed by atoms with Crippen molar-refractivity contribution in [2.75, 3.05) is 5.75 Å². The molecule has 0 fully saturated rings. The van der Waals surface area contributed by atoms with Crippen molar-refractivity contribution in [3.05, 3.63) is 108 Å². The molecule has 1 atom stereocenters. The first-order chi connectivity index (χ1) is 12.7. The lowest BCUT2D eigenvalue weighted by atomic mass is 9.76. The van der Waals surface area contributed by atoms with Crippen molar-refractivity contribution in [2.45, 2.75) is 11.6 Å². The lowest BCUT2D eigenvalue weighted by Crippen LogP contribution is -2.55. The molecule has 0 aliphatic carbocycles. The normalized spacial score (nSPS) is 12.5. The van der Waals surface area contributed by atoms with Gasteiger partial charge in [0, 0.05) is 5.75 Å². The van der Waals surface area contributed by atoms with Gasteiger partial charge in [-0.3, -0.25) is 10.1 Å². The van der Waals surface area contributed by atoms with Crippen LogP contribution < -0.4 is 11.1 Å². The van der Waals surface area contributed by atoms with Crippen molar-refractivity contribution in [1.29, 1.82) is 0 Å². The van der Waals surface area contributed by atoms with E-state index in [2.05, 4.69) is 54.3 Å². The summed E-state index contributed by atoms with van der Waals surface area (Å²) in [7, 11) is 0. The Balaban J connectivity index is 2.29. The first-order valence-electron chi connectivity index (χ1n) is 8.53. The molecule has 0 bridgehead atoms. The lowest BCUT2D eigenvalue weighted by molar-refractivity contribution is -0.119. The summed E-state index contributed by atoms with van der Waals surface area (Å²) in [5.41, 5.74) is 8.02. The molecule has 4 heteroatoms. The van der Waals surface area contributed by atoms with Gasteiger partial charge in [0.15, 0.2) is 0 Å². The Morgan fingerprint density at radius 2 is 1.15 bits per heavy atom. The minimum Gasteiger partial charge on any atom is -0.368 e. The van der Waals surface area contributed by atoms with Crippen LogP contribution in [0, 0.1) is 0 Å². The van der Waals surface area contributed by atoms with E-state index in [0.29, 0.717) is 5.75 Å². The van der Waals surface area contributed by atoms with Gasteiger partial charge >= 0.3 is 0 Å². The molecule has 0 aliphatic rings. The van der Waals surface area contributed by atoms with Crippen LogP contribution >= 0.6 is 12.6 Å². The molecule has 0 unspecified atom stereocenters. The number of benzene rings is 3. The van der Waals surface area contributed by atoms with Gasteiger partial charge in [0.25, 0.3) is 0 Å². The molecule has 0 radical (unpaired) electrons. The van der Waals surface area contributed by atoms with Gasteiger partial charge in [-0.05, 0) is 16.7 Å². The van der Waals surface area contributed by atoms with Crippen LogP contribution in [0.5, 0.6) is 0 Å². The molecule has 3 N–H and O–H groups in total. The second-order valence-corrected chi connectivity index (χ2v) is 6.50. The molecular formula is C22H22N2OS. The van der Waals surface area contributed by atoms with Gasteiger partial charge in [-0.25, -0.2) is 0 Å². The van der Waals surface area contributed by atoms with Crippen LogP contribution in [0.2, 0.25) is 0 Å². The average molecular weight is 362 g/mol. The molecule has 0 saturated heterocycles. The highest BCUT2D eigenvalue weighted by molar-refractivity contribution is 7.80. The van der Waals surface area contributed by atoms with E-state index in [9.17, 15) is 4.79 Å². The molecule has 3 nitrogen and oxygen atoms in total. The number of hydrogen-bond acceptors (Lipinski definition) is 3. The van der Waals surface area contributed by atoms with Crippen LogP contribution in [0.3, 0.4) is 0 Å². The van der Waals surface area contributed by atoms with E-state index >= 15 is 0 Å². The fourth-order valence-electron chi connectivity index (χ4n) is 3.28. The Bertz CT molecular complexity index is 741. The predicted molar refractivity (Wildman–Crippen MR) is 109 cm³/mol. The van der Waals surface area contributed by atoms with Crippen LogP contribution in [0.15, 0.2) is 91.0 Å². The molecule has 26 heavy (non-hydrogen) atoms. The minimum atomic E-state index is -0.716. The summed E-state index contributed by atoms with van der Waals surface area (Å²) in [5.74, 6) is -0.115. The van der Waals surface area contributed by atoms with Crippen molar-refractivity contribution in [1.82, 2.24) is 5.32 Å². The number of carbonyl (C=O) groups excluding carboxylic acids is 1. The SMILES string of the molecule is NC(=O)[C@H](CS)NC(c1ccccc1)(c1ccccc1)c1ccccc1. The van der Waals surface area contributed by atoms with Gasteiger partial charge in [-0.2, -0.15) is 12.6 Å². The third kappa shape index (κ3) is 3.52. The van der Waals surface area contributed by atoms with Gasteiger partial charge < -0.3 is 5.73 Å². The van der Waals surface area contributed by atoms with Crippen molar-refractivity contribution in [2.24, 2.45) is 5.73 Å². The van der Waals surface area contributed by atoms with Gasteiger partial charge in [0.05, 0.1) is 11.6 Å². The van der Waals surface area contributed by atoms with Crippen molar-refractivity contribution >= 4 is 18.5 Å². The van der Waals surface area contributed by atoms with Gasteiger partial charge in [-0.1, -0.05) is 91.0 Å². The van der Waals surface area contributed by atoms with Crippen molar-refractivity contribution in [3.8, 4) is 0 Å². The van der Waals surface area contributed by atoms with E-state index in [4.69, 9.17) is 5.73 Å². The number of thiol groups is 1. The number of amides is 1. The van der Waals surface area contributed by atoms with E-state index in [1.807, 2.05) is 54.6 Å². The Morgan fingerprint density at radius 1 is 0.808 bits per heavy atom. The maximum Gasteiger partial charge on any atom is 0.235 e. The van der Waals surface area contributed by atoms with Crippen LogP contribution in [-0.4, -0.2) is 17.7 Å². The van der Waals surface area contributed by atoms with E-state index in [0.717, 1.165) is 16.7 Å². The number of nitrogens with one attached hydrogen (secondary N) is 1. The molecule has 0 aromatic heterocycles. The zero-order chi connectivity index (χ0) is 18.4. The molecule has 0 heterocycles. The summed E-state index contributed by atoms with van der Waals surface area (Å²) in [4.78, 5) is 12.0. The smallest absolute Gasteiger partial charge is 0.235 e. The quantitative estimate of drug-likeness (QED) is 0.446. The third-order valence-corrected chi connectivity index (χ3v) is 4.90. The Kier molecular flexibility index (Phi) is 5.76. The number of rotatable bonds is 7. The molecule has 3 aromatic carbocycles. The summed E-state index contributed by atoms with van der Waals surface area (Å²) >= 11 is 4.34. The van der Waals surface area contributed by atoms with E-state index in [1.54, 1.807) is 0 Å². The average Bonchev–Trinajstić information content (AvgIpc) is 2.71. The van der Waals surface area contributed by atoms with Crippen LogP contribution in [-0.2, 0) is 10.3 Å². The molecule has 3 aromatic rings. The number of carbonyl (C=O) groups is 1. The Labute approximate surface area is 159 Å². The lowest BCUT2D eigenvalue weighted by Gasteiger charge is -2.39. The summed E-state index contributed by atoms with van der Waals surface area (Å²) < 4.78 is 0. The third-order valence-electron chi connectivity index (χ3n) is 4.54. The van der Waals surface area contributed by atoms with E-state index < -0.39 is 17.5 Å². The zero-order valence-electron chi connectivity index (χ0n) is 14.4. The van der Waals surface area contributed by atoms with Crippen molar-refractivity contribution < 1.29 is 4.79 Å². The molecule has 0 spiro atoms. The molecule has 132 valence electrons. The van der Waals surface area contributed by atoms with Crippen LogP contribution in [0.1, 0.15) is 16.7 Å². The first kappa shape index (κ1) is 18.2. The number of primary amides is 1. The first-order valence-corrected chi connectivity index (χ1v) is 9.16. The summed E-state index contributed by atoms with van der Waals surface area (Å²) in [5, 5.41) is 3.51. The second-order valence-electron chi connectivity index (χ2n) is 6.13. The summed E-state index contributed by atoms with van der Waals surface area (Å²) in [6.07, 6.45) is 0. The Morgan fingerprint density at radius 3 is 1.42 bits per heavy atom. The Hall–Kier alpha value is -2.56. The monoisotopic (exact) mass is 362 g/mol. The van der Waals surface area contributed by atoms with Crippen LogP contribution in [0.25, 0.3) is 0 Å². The highest BCUT2D eigenvalue weighted by Gasteiger charge is 2.38. The summed E-state index contributed by atoms with van der Waals surface area (Å²) in [6, 6.07) is 29.7. The highest BCUT2D eigenvalue weighted by atomic mass is 32.1. The minimum absolute atomic E-state index is 0.309. The highest BCUT2D eigenvalue weighted by Crippen LogP contribution is 2.37. The summed E-state index contributed by atoms with van der Waals surface area (Å²) in [6.45, 7) is 0. The molecular weight excluding hydrogens is 340 g/mol. The van der Waals surface area contributed by atoms with Crippen molar-refractivity contribution in [3.63, 3.8) is 0 Å². The van der Waals surface area contributed by atoms with Gasteiger partial charge in [0.1, 0.15) is 0 Å². The molecule has 0 saturated carbocycles. The molecule has 3 rings (SSSR count). The molecule has 0 aliphatic heterocycles.